The fourth-order valence-electron chi connectivity index (χ4n) is 2.77. The van der Waals surface area contributed by atoms with E-state index < -0.39 is 12.0 Å². The fraction of sp³-hybridized carbons (Fsp3) is 0.273. The number of benzene rings is 2. The molecule has 0 fully saturated rings. The summed E-state index contributed by atoms with van der Waals surface area (Å²) in [6.07, 6.45) is -0.477. The third-order valence-corrected chi connectivity index (χ3v) is 5.22. The van der Waals surface area contributed by atoms with E-state index in [-0.39, 0.29) is 41.6 Å². The van der Waals surface area contributed by atoms with Crippen LogP contribution in [0.2, 0.25) is 0 Å². The molecule has 8 nitrogen and oxygen atoms in total. The molecule has 2 amide bonds. The van der Waals surface area contributed by atoms with Crippen molar-refractivity contribution in [3.8, 4) is 5.75 Å². The van der Waals surface area contributed by atoms with E-state index in [2.05, 4.69) is 10.2 Å². The van der Waals surface area contributed by atoms with Crippen LogP contribution in [0.15, 0.2) is 64.2 Å². The van der Waals surface area contributed by atoms with E-state index in [1.807, 2.05) is 30.3 Å². The Morgan fingerprint density at radius 2 is 1.88 bits per heavy atom. The van der Waals surface area contributed by atoms with Crippen LogP contribution in [0.3, 0.4) is 0 Å². The van der Waals surface area contributed by atoms with E-state index in [4.69, 9.17) is 14.9 Å². The van der Waals surface area contributed by atoms with Crippen molar-refractivity contribution in [2.45, 2.75) is 31.2 Å². The second-order valence-corrected chi connectivity index (χ2v) is 7.85. The largest absolute Gasteiger partial charge is 0.481 e. The van der Waals surface area contributed by atoms with Gasteiger partial charge in [0.15, 0.2) is 6.10 Å². The molecule has 168 valence electrons. The van der Waals surface area contributed by atoms with Crippen molar-refractivity contribution in [2.75, 3.05) is 12.3 Å². The number of nitrogens with two attached hydrogens (primary N) is 1. The van der Waals surface area contributed by atoms with E-state index in [1.165, 1.54) is 24.3 Å². The molecule has 0 aliphatic carbocycles. The fourth-order valence-corrected chi connectivity index (χ4v) is 3.44. The number of hydrogen-bond donors (Lipinski definition) is 1. The van der Waals surface area contributed by atoms with Gasteiger partial charge in [-0.25, -0.2) is 4.39 Å². The third kappa shape index (κ3) is 7.09. The molecule has 2 N–H and O–H groups in total. The minimum Gasteiger partial charge on any atom is -0.481 e. The number of thioether (sulfide) groups is 1. The minimum absolute atomic E-state index is 0.0560. The lowest BCUT2D eigenvalue weighted by molar-refractivity contribution is -0.129. The highest BCUT2D eigenvalue weighted by molar-refractivity contribution is 7.99. The number of rotatable bonds is 11. The lowest BCUT2D eigenvalue weighted by Gasteiger charge is -2.22. The monoisotopic (exact) mass is 458 g/mol. The standard InChI is InChI=1S/C22H23FN4O4S/c1-15(30-18-9-7-17(23)8-10-18)21-25-26-22(31-21)32-14-20(29)27(12-11-19(24)28)13-16-5-3-2-4-6-16/h2-10,15H,11-14H2,1H3,(H2,24,28). The van der Waals surface area contributed by atoms with Crippen molar-refractivity contribution in [3.05, 3.63) is 71.9 Å². The SMILES string of the molecule is CC(Oc1ccc(F)cc1)c1nnc(SCC(=O)N(CCC(N)=O)Cc2ccccc2)o1. The minimum atomic E-state index is -0.553. The number of carbonyl (C=O) groups is 2. The molecule has 0 radical (unpaired) electrons. The highest BCUT2D eigenvalue weighted by Crippen LogP contribution is 2.24. The Labute approximate surface area is 188 Å². The summed E-state index contributed by atoms with van der Waals surface area (Å²) in [5, 5.41) is 8.12. The molecular formula is C22H23FN4O4S. The lowest BCUT2D eigenvalue weighted by Crippen LogP contribution is -2.34. The summed E-state index contributed by atoms with van der Waals surface area (Å²) in [5.74, 6) is -0.258. The summed E-state index contributed by atoms with van der Waals surface area (Å²) in [6, 6.07) is 15.1. The van der Waals surface area contributed by atoms with Crippen LogP contribution in [0, 0.1) is 5.82 Å². The summed E-state index contributed by atoms with van der Waals surface area (Å²) in [4.78, 5) is 25.5. The molecular weight excluding hydrogens is 435 g/mol. The number of carbonyl (C=O) groups excluding carboxylic acids is 2. The Kier molecular flexibility index (Phi) is 8.20. The second kappa shape index (κ2) is 11.3. The van der Waals surface area contributed by atoms with Gasteiger partial charge in [0.1, 0.15) is 11.6 Å². The average molecular weight is 459 g/mol. The number of amides is 2. The molecule has 32 heavy (non-hydrogen) atoms. The summed E-state index contributed by atoms with van der Waals surface area (Å²) in [5.41, 5.74) is 6.19. The molecule has 3 aromatic rings. The maximum Gasteiger partial charge on any atom is 0.277 e. The highest BCUT2D eigenvalue weighted by atomic mass is 32.2. The predicted molar refractivity (Wildman–Crippen MR) is 116 cm³/mol. The van der Waals surface area contributed by atoms with Gasteiger partial charge in [-0.1, -0.05) is 42.1 Å². The summed E-state index contributed by atoms with van der Waals surface area (Å²) >= 11 is 1.10. The average Bonchev–Trinajstić information content (AvgIpc) is 3.26. The molecule has 0 saturated heterocycles. The summed E-state index contributed by atoms with van der Waals surface area (Å²) in [7, 11) is 0. The van der Waals surface area contributed by atoms with Gasteiger partial charge >= 0.3 is 0 Å². The topological polar surface area (TPSA) is 112 Å². The zero-order valence-corrected chi connectivity index (χ0v) is 18.3. The normalized spacial score (nSPS) is 11.7. The van der Waals surface area contributed by atoms with Crippen LogP contribution < -0.4 is 10.5 Å². The van der Waals surface area contributed by atoms with Crippen molar-refractivity contribution in [3.63, 3.8) is 0 Å². The van der Waals surface area contributed by atoms with Gasteiger partial charge in [0.05, 0.1) is 5.75 Å². The van der Waals surface area contributed by atoms with Crippen LogP contribution in [0.4, 0.5) is 4.39 Å². The summed E-state index contributed by atoms with van der Waals surface area (Å²) < 4.78 is 24.3. The first kappa shape index (κ1) is 23.3. The van der Waals surface area contributed by atoms with Crippen molar-refractivity contribution < 1.29 is 23.1 Å². The molecule has 1 aromatic heterocycles. The van der Waals surface area contributed by atoms with E-state index in [0.717, 1.165) is 17.3 Å². The summed E-state index contributed by atoms with van der Waals surface area (Å²) in [6.45, 7) is 2.31. The Hall–Kier alpha value is -3.40. The number of aromatic nitrogens is 2. The molecule has 3 rings (SSSR count). The smallest absolute Gasteiger partial charge is 0.277 e. The van der Waals surface area contributed by atoms with Gasteiger partial charge in [0.25, 0.3) is 11.1 Å². The van der Waals surface area contributed by atoms with E-state index in [0.29, 0.717) is 12.3 Å². The molecule has 1 unspecified atom stereocenters. The maximum atomic E-state index is 13.0. The van der Waals surface area contributed by atoms with Gasteiger partial charge in [-0.05, 0) is 36.8 Å². The maximum absolute atomic E-state index is 13.0. The Morgan fingerprint density at radius 1 is 1.16 bits per heavy atom. The molecule has 0 bridgehead atoms. The first-order valence-electron chi connectivity index (χ1n) is 9.89. The van der Waals surface area contributed by atoms with Crippen LogP contribution in [-0.2, 0) is 16.1 Å². The quantitative estimate of drug-likeness (QED) is 0.439. The zero-order valence-electron chi connectivity index (χ0n) is 17.4. The van der Waals surface area contributed by atoms with E-state index >= 15 is 0 Å². The molecule has 0 aliphatic heterocycles. The molecule has 0 saturated carbocycles. The van der Waals surface area contributed by atoms with Crippen molar-refractivity contribution in [2.24, 2.45) is 5.73 Å². The molecule has 0 aliphatic rings. The van der Waals surface area contributed by atoms with Crippen molar-refractivity contribution in [1.29, 1.82) is 0 Å². The first-order valence-corrected chi connectivity index (χ1v) is 10.9. The predicted octanol–water partition coefficient (Wildman–Crippen LogP) is 3.35. The lowest BCUT2D eigenvalue weighted by atomic mass is 10.2. The van der Waals surface area contributed by atoms with Gasteiger partial charge in [-0.2, -0.15) is 0 Å². The number of hydrogen-bond acceptors (Lipinski definition) is 7. The number of ether oxygens (including phenoxy) is 1. The Morgan fingerprint density at radius 3 is 2.56 bits per heavy atom. The molecule has 2 aromatic carbocycles. The molecule has 1 atom stereocenters. The zero-order chi connectivity index (χ0) is 22.9. The number of halogens is 1. The first-order chi connectivity index (χ1) is 15.4. The van der Waals surface area contributed by atoms with Gasteiger partial charge in [0.2, 0.25) is 11.8 Å². The number of nitrogens with zero attached hydrogens (tertiary/aromatic N) is 3. The van der Waals surface area contributed by atoms with Gasteiger partial charge in [-0.3, -0.25) is 9.59 Å². The van der Waals surface area contributed by atoms with E-state index in [9.17, 15) is 14.0 Å². The molecule has 0 spiro atoms. The van der Waals surface area contributed by atoms with E-state index in [1.54, 1.807) is 11.8 Å². The molecule has 1 heterocycles. The van der Waals surface area contributed by atoms with Crippen LogP contribution in [0.25, 0.3) is 0 Å². The van der Waals surface area contributed by atoms with Crippen molar-refractivity contribution in [1.82, 2.24) is 15.1 Å². The van der Waals surface area contributed by atoms with Gasteiger partial charge in [0, 0.05) is 19.5 Å². The number of primary amides is 1. The highest BCUT2D eigenvalue weighted by Gasteiger charge is 2.19. The van der Waals surface area contributed by atoms with Crippen LogP contribution in [0.1, 0.15) is 30.9 Å². The third-order valence-electron chi connectivity index (χ3n) is 4.41. The Bertz CT molecular complexity index is 1030. The van der Waals surface area contributed by atoms with Crippen LogP contribution in [0.5, 0.6) is 5.75 Å². The second-order valence-electron chi connectivity index (χ2n) is 6.93. The molecule has 10 heteroatoms. The van der Waals surface area contributed by atoms with Crippen LogP contribution >= 0.6 is 11.8 Å². The van der Waals surface area contributed by atoms with Crippen molar-refractivity contribution >= 4 is 23.6 Å². The Balaban J connectivity index is 1.56. The van der Waals surface area contributed by atoms with Crippen LogP contribution in [-0.4, -0.2) is 39.2 Å². The van der Waals surface area contributed by atoms with Gasteiger partial charge < -0.3 is 19.8 Å². The van der Waals surface area contributed by atoms with Gasteiger partial charge in [-0.15, -0.1) is 10.2 Å².